The van der Waals surface area contributed by atoms with Crippen molar-refractivity contribution in [2.75, 3.05) is 16.8 Å². The summed E-state index contributed by atoms with van der Waals surface area (Å²) in [7, 11) is 0. The number of rotatable bonds is 3. The average molecular weight is 472 g/mol. The molecule has 0 bridgehead atoms. The molecule has 2 aromatic rings. The van der Waals surface area contributed by atoms with Gasteiger partial charge in [0, 0.05) is 15.7 Å². The molecule has 0 atom stereocenters. The molecule has 9 heteroatoms. The topological polar surface area (TPSA) is 95.6 Å². The number of anilines is 2. The number of benzene rings is 2. The second-order valence-corrected chi connectivity index (χ2v) is 8.42. The highest BCUT2D eigenvalue weighted by Gasteiger charge is 2.40. The number of nitrogens with one attached hydrogen (secondary N) is 2. The van der Waals surface area contributed by atoms with Crippen LogP contribution in [-0.4, -0.2) is 29.5 Å². The molecule has 146 valence electrons. The van der Waals surface area contributed by atoms with Gasteiger partial charge in [-0.05, 0) is 54.6 Å². The summed E-state index contributed by atoms with van der Waals surface area (Å²) in [5.41, 5.74) is 2.76. The van der Waals surface area contributed by atoms with Gasteiger partial charge in [0.25, 0.3) is 17.1 Å². The van der Waals surface area contributed by atoms with Gasteiger partial charge in [-0.3, -0.25) is 29.4 Å². The third-order valence-electron chi connectivity index (χ3n) is 4.42. The molecule has 2 aromatic carbocycles. The van der Waals surface area contributed by atoms with Crippen LogP contribution in [0.5, 0.6) is 0 Å². The fourth-order valence-electron chi connectivity index (χ4n) is 3.23. The van der Waals surface area contributed by atoms with Gasteiger partial charge in [0.2, 0.25) is 5.91 Å². The number of carbonyl (C=O) groups excluding carboxylic acids is 4. The normalized spacial score (nSPS) is 18.1. The van der Waals surface area contributed by atoms with Gasteiger partial charge in [-0.15, -0.1) is 0 Å². The molecule has 2 aliphatic heterocycles. The van der Waals surface area contributed by atoms with Crippen molar-refractivity contribution in [1.29, 1.82) is 0 Å². The van der Waals surface area contributed by atoms with Gasteiger partial charge in [-0.1, -0.05) is 28.1 Å². The van der Waals surface area contributed by atoms with Crippen LogP contribution in [0.1, 0.15) is 11.1 Å². The molecule has 1 saturated heterocycles. The second-order valence-electron chi connectivity index (χ2n) is 6.52. The van der Waals surface area contributed by atoms with E-state index in [1.165, 1.54) is 4.90 Å². The number of halogens is 1. The highest BCUT2D eigenvalue weighted by atomic mass is 79.9. The van der Waals surface area contributed by atoms with Gasteiger partial charge >= 0.3 is 0 Å². The quantitative estimate of drug-likeness (QED) is 0.668. The lowest BCUT2D eigenvalue weighted by molar-refractivity contribution is -0.118. The Morgan fingerprint density at radius 2 is 1.97 bits per heavy atom. The zero-order valence-corrected chi connectivity index (χ0v) is 17.5. The van der Waals surface area contributed by atoms with E-state index >= 15 is 0 Å². The van der Waals surface area contributed by atoms with Gasteiger partial charge in [-0.25, -0.2) is 0 Å². The summed E-state index contributed by atoms with van der Waals surface area (Å²) in [5, 5.41) is 4.41. The van der Waals surface area contributed by atoms with Gasteiger partial charge < -0.3 is 5.32 Å². The maximum Gasteiger partial charge on any atom is 0.290 e. The Labute approximate surface area is 178 Å². The van der Waals surface area contributed by atoms with Crippen molar-refractivity contribution in [3.05, 3.63) is 63.0 Å². The lowest BCUT2D eigenvalue weighted by Crippen LogP contribution is -2.35. The minimum absolute atomic E-state index is 0.0425. The van der Waals surface area contributed by atoms with E-state index in [0.29, 0.717) is 33.2 Å². The standard InChI is InChI=1S/C20H14BrN3O4S/c1-10-3-2-4-12(7-10)22-15(25)9-24-14-6-5-11(21)8-13(14)16(19(24)27)17-18(26)23-20(28)29-17/h2-8H,9H2,1H3,(H,22,25)(H,23,26,28)/b17-16+. The predicted octanol–water partition coefficient (Wildman–Crippen LogP) is 3.44. The number of carbonyl (C=O) groups is 4. The number of imide groups is 1. The van der Waals surface area contributed by atoms with Crippen molar-refractivity contribution in [2.24, 2.45) is 0 Å². The molecule has 0 spiro atoms. The van der Waals surface area contributed by atoms with Gasteiger partial charge in [0.1, 0.15) is 6.54 Å². The van der Waals surface area contributed by atoms with Gasteiger partial charge in [0.15, 0.2) is 0 Å². The Balaban J connectivity index is 1.68. The van der Waals surface area contributed by atoms with E-state index in [9.17, 15) is 19.2 Å². The third kappa shape index (κ3) is 3.70. The molecule has 0 radical (unpaired) electrons. The van der Waals surface area contributed by atoms with E-state index in [1.807, 2.05) is 25.1 Å². The van der Waals surface area contributed by atoms with E-state index in [1.54, 1.807) is 24.3 Å². The summed E-state index contributed by atoms with van der Waals surface area (Å²) in [4.78, 5) is 50.8. The zero-order chi connectivity index (χ0) is 20.7. The fraction of sp³-hybridized carbons (Fsp3) is 0.100. The summed E-state index contributed by atoms with van der Waals surface area (Å²) < 4.78 is 0.711. The minimum atomic E-state index is -0.611. The van der Waals surface area contributed by atoms with Crippen LogP contribution in [0.3, 0.4) is 0 Å². The molecule has 2 aliphatic rings. The van der Waals surface area contributed by atoms with Crippen molar-refractivity contribution in [2.45, 2.75) is 6.92 Å². The van der Waals surface area contributed by atoms with Crippen molar-refractivity contribution in [3.8, 4) is 0 Å². The lowest BCUT2D eigenvalue weighted by atomic mass is 10.1. The van der Waals surface area contributed by atoms with E-state index in [0.717, 1.165) is 5.56 Å². The molecule has 0 unspecified atom stereocenters. The Morgan fingerprint density at radius 3 is 2.66 bits per heavy atom. The third-order valence-corrected chi connectivity index (χ3v) is 5.80. The molecule has 7 nitrogen and oxygen atoms in total. The van der Waals surface area contributed by atoms with Crippen molar-refractivity contribution < 1.29 is 19.2 Å². The number of aryl methyl sites for hydroxylation is 1. The Hall–Kier alpha value is -2.91. The van der Waals surface area contributed by atoms with Gasteiger partial charge in [0.05, 0.1) is 16.2 Å². The Kier molecular flexibility index (Phi) is 5.01. The van der Waals surface area contributed by atoms with Crippen LogP contribution in [0, 0.1) is 6.92 Å². The lowest BCUT2D eigenvalue weighted by Gasteiger charge is -2.17. The molecule has 4 amide bonds. The van der Waals surface area contributed by atoms with Crippen LogP contribution in [0.4, 0.5) is 16.2 Å². The molecule has 0 aliphatic carbocycles. The Morgan fingerprint density at radius 1 is 1.17 bits per heavy atom. The smallest absolute Gasteiger partial charge is 0.290 e. The summed E-state index contributed by atoms with van der Waals surface area (Å²) in [6.07, 6.45) is 0. The number of hydrogen-bond acceptors (Lipinski definition) is 5. The van der Waals surface area contributed by atoms with E-state index in [4.69, 9.17) is 0 Å². The number of nitrogens with zero attached hydrogens (tertiary/aromatic N) is 1. The SMILES string of the molecule is Cc1cccc(NC(=O)CN2C(=O)/C(=C3/SC(=O)NC3=O)c3cc(Br)ccc32)c1. The highest BCUT2D eigenvalue weighted by molar-refractivity contribution is 9.10. The first-order chi connectivity index (χ1) is 13.8. The number of amides is 4. The summed E-state index contributed by atoms with van der Waals surface area (Å²) >= 11 is 4.05. The molecule has 2 heterocycles. The van der Waals surface area contributed by atoms with Crippen LogP contribution in [-0.2, 0) is 14.4 Å². The highest BCUT2D eigenvalue weighted by Crippen LogP contribution is 2.43. The fourth-order valence-corrected chi connectivity index (χ4v) is 4.36. The number of fused-ring (bicyclic) bond motifs is 1. The monoisotopic (exact) mass is 471 g/mol. The largest absolute Gasteiger partial charge is 0.325 e. The molecule has 1 fully saturated rings. The van der Waals surface area contributed by atoms with Crippen LogP contribution >= 0.6 is 27.7 Å². The molecule has 29 heavy (non-hydrogen) atoms. The van der Waals surface area contributed by atoms with E-state index in [-0.39, 0.29) is 22.9 Å². The summed E-state index contributed by atoms with van der Waals surface area (Å²) in [5.74, 6) is -1.48. The predicted molar refractivity (Wildman–Crippen MR) is 114 cm³/mol. The van der Waals surface area contributed by atoms with Crippen LogP contribution in [0.25, 0.3) is 5.57 Å². The molecular formula is C20H14BrN3O4S. The van der Waals surface area contributed by atoms with Crippen molar-refractivity contribution in [1.82, 2.24) is 5.32 Å². The van der Waals surface area contributed by atoms with Gasteiger partial charge in [-0.2, -0.15) is 0 Å². The second kappa shape index (κ2) is 7.49. The first-order valence-corrected chi connectivity index (χ1v) is 10.2. The number of thioether (sulfide) groups is 1. The summed E-state index contributed by atoms with van der Waals surface area (Å²) in [6.45, 7) is 1.69. The minimum Gasteiger partial charge on any atom is -0.325 e. The number of hydrogen-bond donors (Lipinski definition) is 2. The molecule has 4 rings (SSSR count). The first-order valence-electron chi connectivity index (χ1n) is 8.59. The molecule has 0 saturated carbocycles. The molecule has 2 N–H and O–H groups in total. The average Bonchev–Trinajstić information content (AvgIpc) is 3.10. The first kappa shape index (κ1) is 19.4. The maximum absolute atomic E-state index is 13.1. The van der Waals surface area contributed by atoms with E-state index < -0.39 is 17.1 Å². The van der Waals surface area contributed by atoms with Crippen LogP contribution in [0.2, 0.25) is 0 Å². The van der Waals surface area contributed by atoms with Crippen LogP contribution in [0.15, 0.2) is 51.8 Å². The van der Waals surface area contributed by atoms with Crippen LogP contribution < -0.4 is 15.5 Å². The molecular weight excluding hydrogens is 458 g/mol. The van der Waals surface area contributed by atoms with Crippen molar-refractivity contribution >= 4 is 67.6 Å². The van der Waals surface area contributed by atoms with E-state index in [2.05, 4.69) is 26.6 Å². The Bertz CT molecular complexity index is 1130. The van der Waals surface area contributed by atoms with Crippen molar-refractivity contribution in [3.63, 3.8) is 0 Å². The summed E-state index contributed by atoms with van der Waals surface area (Å²) in [6, 6.07) is 12.5. The zero-order valence-electron chi connectivity index (χ0n) is 15.1. The maximum atomic E-state index is 13.1. The molecule has 0 aromatic heterocycles.